The highest BCUT2D eigenvalue weighted by atomic mass is 16.5. The Morgan fingerprint density at radius 2 is 0.386 bits per heavy atom. The van der Waals surface area contributed by atoms with Crippen molar-refractivity contribution in [3.8, 4) is 71.4 Å². The third kappa shape index (κ3) is 24.1. The number of unbranched alkanes of at least 4 members (excludes halogenated alkanes) is 44. The maximum Gasteiger partial charge on any atom is 0.136 e. The summed E-state index contributed by atoms with van der Waals surface area (Å²) in [6, 6.07) is 45.3. The summed E-state index contributed by atoms with van der Waals surface area (Å²) in [4.78, 5) is 0. The van der Waals surface area contributed by atoms with E-state index in [4.69, 9.17) is 31.8 Å². The smallest absolute Gasteiger partial charge is 0.136 e. The highest BCUT2D eigenvalue weighted by Gasteiger charge is 2.50. The van der Waals surface area contributed by atoms with E-state index in [1.807, 2.05) is 0 Å². The Hall–Kier alpha value is -8.02. The topological polar surface area (TPSA) is 36.9 Å². The van der Waals surface area contributed by atoms with Crippen molar-refractivity contribution >= 4 is 0 Å². The van der Waals surface area contributed by atoms with Crippen LogP contribution in [0.25, 0.3) is 0 Å². The van der Waals surface area contributed by atoms with E-state index in [9.17, 15) is 0 Å². The van der Waals surface area contributed by atoms with Gasteiger partial charge in [-0.05, 0) is 92.4 Å². The molecule has 6 aliphatic rings. The monoisotopic (exact) mass is 1530 g/mol. The molecule has 13 rings (SSSR count). The van der Waals surface area contributed by atoms with Crippen LogP contribution in [0.2, 0.25) is 0 Å². The van der Waals surface area contributed by atoms with E-state index in [1.54, 1.807) is 0 Å². The number of rotatable bonds is 56. The fraction of sp³-hybridized carbons (Fsp3) is 0.545. The van der Waals surface area contributed by atoms with Crippen molar-refractivity contribution in [1.82, 2.24) is 0 Å². The summed E-state index contributed by atoms with van der Waals surface area (Å²) in [5, 5.41) is 0. The van der Waals surface area contributed by atoms with Crippen LogP contribution < -0.4 is 18.9 Å². The summed E-state index contributed by atoms with van der Waals surface area (Å²) in [6.07, 6.45) is 74.7. The average molecular weight is 1530 g/mol. The molecule has 114 heavy (non-hydrogen) atoms. The predicted octanol–water partition coefficient (Wildman–Crippen LogP) is 30.7. The lowest BCUT2D eigenvalue weighted by Gasteiger charge is -2.48. The van der Waals surface area contributed by atoms with Gasteiger partial charge in [-0.15, -0.1) is 12.8 Å². The second-order valence-corrected chi connectivity index (χ2v) is 34.1. The molecule has 0 spiro atoms. The van der Waals surface area contributed by atoms with Crippen molar-refractivity contribution in [2.24, 2.45) is 0 Å². The lowest BCUT2D eigenvalue weighted by molar-refractivity contribution is 0.295. The van der Waals surface area contributed by atoms with E-state index in [0.29, 0.717) is 49.1 Å². The molecule has 0 saturated heterocycles. The zero-order valence-corrected chi connectivity index (χ0v) is 71.4. The zero-order chi connectivity index (χ0) is 79.0. The van der Waals surface area contributed by atoms with Crippen LogP contribution in [-0.4, -0.2) is 26.4 Å². The summed E-state index contributed by atoms with van der Waals surface area (Å²) < 4.78 is 27.7. The molecule has 0 amide bonds. The van der Waals surface area contributed by atoms with Crippen LogP contribution in [0.1, 0.15) is 460 Å². The van der Waals surface area contributed by atoms with Crippen LogP contribution in [-0.2, 0) is 0 Å². The van der Waals surface area contributed by atoms with Gasteiger partial charge < -0.3 is 18.9 Å². The lowest BCUT2D eigenvalue weighted by Crippen LogP contribution is -2.35. The molecule has 0 unspecified atom stereocenters. The first kappa shape index (κ1) is 86.8. The SMILES string of the molecule is C#Cc1cc(OCCCCCCCCCCCCCC)c(C#Cc2c3c(c(C#Cc4cc(OCCCCCCCCCCCCCC)c(C#C)cc4OCCCCCCCCCCCCCC)c4c2C2c5ccccc5C4c4ccccc42)C2c4ccccc4C3c3ccccc32)cc1OCCCCCCCCCCCCCC. The van der Waals surface area contributed by atoms with E-state index in [2.05, 4.69) is 185 Å². The number of hydrogen-bond donors (Lipinski definition) is 0. The minimum Gasteiger partial charge on any atom is -0.492 e. The quantitative estimate of drug-likeness (QED) is 0.0281. The molecule has 4 heteroatoms. The molecule has 0 aromatic heterocycles. The summed E-state index contributed by atoms with van der Waals surface area (Å²) in [6.45, 7) is 11.6. The molecule has 7 aromatic carbocycles. The molecule has 0 atom stereocenters. The van der Waals surface area contributed by atoms with E-state index in [0.717, 1.165) is 85.1 Å². The Bertz CT molecular complexity index is 3800. The fourth-order valence-electron chi connectivity index (χ4n) is 19.1. The Morgan fingerprint density at radius 1 is 0.219 bits per heavy atom. The van der Waals surface area contributed by atoms with Crippen molar-refractivity contribution < 1.29 is 18.9 Å². The number of terminal acetylenes is 2. The van der Waals surface area contributed by atoms with Gasteiger partial charge >= 0.3 is 0 Å². The molecular formula is C110H142O4. The van der Waals surface area contributed by atoms with Gasteiger partial charge in [-0.3, -0.25) is 0 Å². The van der Waals surface area contributed by atoms with Crippen molar-refractivity contribution in [2.75, 3.05) is 26.4 Å². The molecule has 7 aromatic rings. The minimum absolute atomic E-state index is 0.108. The van der Waals surface area contributed by atoms with Gasteiger partial charge in [-0.2, -0.15) is 0 Å². The van der Waals surface area contributed by atoms with Gasteiger partial charge in [0.05, 0.1) is 48.7 Å². The number of ether oxygens (including phenoxy) is 4. The highest BCUT2D eigenvalue weighted by molar-refractivity contribution is 5.83. The second-order valence-electron chi connectivity index (χ2n) is 34.1. The van der Waals surface area contributed by atoms with Crippen LogP contribution in [0.3, 0.4) is 0 Å². The third-order valence-electron chi connectivity index (χ3n) is 25.4. The van der Waals surface area contributed by atoms with Crippen LogP contribution in [0, 0.1) is 48.4 Å². The normalized spacial score (nSPS) is 14.8. The van der Waals surface area contributed by atoms with E-state index < -0.39 is 0 Å². The average Bonchev–Trinajstić information content (AvgIpc) is 0.666. The maximum atomic E-state index is 7.00. The Kier molecular flexibility index (Phi) is 37.4. The largest absolute Gasteiger partial charge is 0.492 e. The molecule has 0 radical (unpaired) electrons. The Labute approximate surface area is 693 Å². The van der Waals surface area contributed by atoms with Crippen LogP contribution in [0.4, 0.5) is 0 Å². The van der Waals surface area contributed by atoms with Crippen molar-refractivity contribution in [2.45, 2.75) is 360 Å². The standard InChI is InChI=1S/C110H142O4/c1-7-13-17-21-25-29-33-37-41-45-49-61-77-111-99-83-87(101(81-85(99)11-5)113-79-63-51-47-43-39-35-31-27-23-19-15-9-3)73-75-97-107-103-89-65-53-57-69-93(89)105(94-70-58-54-66-90(94)103)109(107)98(110-106-95-71-59-55-67-91(95)104(108(97)110)92-68-56-60-72-96(92)106)76-74-88-84-100(112-78-62-50-46-42-38-34-30-26-22-18-14-8-2)86(12-6)82-102(88)114-80-64-52-48-44-40-36-32-28-24-20-16-10-4/h5-6,53-60,65-72,81-84,103-106H,7-10,13-52,61-64,77-80H2,1-4H3. The molecule has 0 heterocycles. The van der Waals surface area contributed by atoms with E-state index in [1.165, 1.54) is 324 Å². The number of hydrogen-bond acceptors (Lipinski definition) is 4. The summed E-state index contributed by atoms with van der Waals surface area (Å²) in [5.74, 6) is 24.8. The Morgan fingerprint density at radius 3 is 0.570 bits per heavy atom. The molecule has 0 aliphatic heterocycles. The molecule has 4 nitrogen and oxygen atoms in total. The number of benzene rings is 7. The van der Waals surface area contributed by atoms with Gasteiger partial charge in [0.25, 0.3) is 0 Å². The molecule has 606 valence electrons. The van der Waals surface area contributed by atoms with Gasteiger partial charge in [0, 0.05) is 59.1 Å². The predicted molar refractivity (Wildman–Crippen MR) is 483 cm³/mol. The van der Waals surface area contributed by atoms with E-state index >= 15 is 0 Å². The maximum absolute atomic E-state index is 7.00. The lowest BCUT2D eigenvalue weighted by atomic mass is 9.53. The fourth-order valence-corrected chi connectivity index (χ4v) is 19.1. The molecule has 0 saturated carbocycles. The first-order valence-corrected chi connectivity index (χ1v) is 47.0. The molecule has 0 fully saturated rings. The van der Waals surface area contributed by atoms with Gasteiger partial charge in [0.1, 0.15) is 23.0 Å². The molecule has 6 aliphatic carbocycles. The first-order chi connectivity index (χ1) is 56.5. The summed E-state index contributed by atoms with van der Waals surface area (Å²) in [7, 11) is 0. The van der Waals surface area contributed by atoms with Crippen LogP contribution in [0.5, 0.6) is 23.0 Å². The molecule has 4 bridgehead atoms. The first-order valence-electron chi connectivity index (χ1n) is 47.0. The van der Waals surface area contributed by atoms with Gasteiger partial charge in [-0.1, -0.05) is 443 Å². The van der Waals surface area contributed by atoms with Gasteiger partial charge in [0.15, 0.2) is 0 Å². The van der Waals surface area contributed by atoms with Crippen molar-refractivity contribution in [3.05, 3.63) is 221 Å². The third-order valence-corrected chi connectivity index (χ3v) is 25.4. The summed E-state index contributed by atoms with van der Waals surface area (Å²) >= 11 is 0. The molecule has 0 N–H and O–H groups in total. The highest BCUT2D eigenvalue weighted by Crippen LogP contribution is 2.64. The van der Waals surface area contributed by atoms with Crippen molar-refractivity contribution in [1.29, 1.82) is 0 Å². The summed E-state index contributed by atoms with van der Waals surface area (Å²) in [5.41, 5.74) is 20.9. The van der Waals surface area contributed by atoms with Crippen LogP contribution >= 0.6 is 0 Å². The second kappa shape index (κ2) is 49.1. The Balaban J connectivity index is 0.976. The molecular weight excluding hydrogens is 1390 g/mol. The minimum atomic E-state index is -0.108. The van der Waals surface area contributed by atoms with Gasteiger partial charge in [0.2, 0.25) is 0 Å². The van der Waals surface area contributed by atoms with E-state index in [-0.39, 0.29) is 23.7 Å². The zero-order valence-electron chi connectivity index (χ0n) is 71.4. The van der Waals surface area contributed by atoms with Crippen LogP contribution in [0.15, 0.2) is 121 Å². The van der Waals surface area contributed by atoms with Crippen molar-refractivity contribution in [3.63, 3.8) is 0 Å². The van der Waals surface area contributed by atoms with Gasteiger partial charge in [-0.25, -0.2) is 0 Å².